The molecule has 17 nitrogen and oxygen atoms in total. The fourth-order valence-electron chi connectivity index (χ4n) is 18.4. The number of nitrogens with two attached hydrogens (primary N) is 1. The molecule has 31 heteroatoms. The Balaban J connectivity index is 0.000000158. The van der Waals surface area contributed by atoms with Gasteiger partial charge in [-0.3, -0.25) is 33.9 Å². The number of ether oxygens (including phenoxy) is 4. The van der Waals surface area contributed by atoms with Gasteiger partial charge in [-0.05, 0) is 313 Å². The molecule has 0 aromatic heterocycles. The number of hydrogen-bond donors (Lipinski definition) is 1. The number of non-ortho nitro benzene ring substituents is 1. The Kier molecular flexibility index (Phi) is 31.4. The highest BCUT2D eigenvalue weighted by Crippen LogP contribution is 2.47. The van der Waals surface area contributed by atoms with Crippen molar-refractivity contribution in [1.82, 2.24) is 19.6 Å². The summed E-state index contributed by atoms with van der Waals surface area (Å²) in [6.07, 6.45) is -19.8. The number of anilines is 1. The zero-order valence-electron chi connectivity index (χ0n) is 80.9. The molecule has 1 unspecified atom stereocenters. The zero-order chi connectivity index (χ0) is 103. The molecule has 4 amide bonds. The minimum atomic E-state index is -4.51. The molecule has 0 radical (unpaired) electrons. The second-order valence-electron chi connectivity index (χ2n) is 36.8. The topological polar surface area (TPSA) is 204 Å². The van der Waals surface area contributed by atoms with Gasteiger partial charge in [0.05, 0.1) is 77.5 Å². The molecule has 4 aliphatic rings. The lowest BCUT2D eigenvalue weighted by atomic mass is 9.93. The molecule has 4 fully saturated rings. The maximum atomic E-state index is 13.4. The predicted molar refractivity (Wildman–Crippen MR) is 522 cm³/mol. The SMILES string of the molecule is CSc1ccc(C)c(-c2ccc(C)cc2CN2C(=O)O[C@H](c3cc(C)cc(C(F)(F)F)c3)[C@@H]2C)c1.Cc1cc([C@H]2OC(=O)N(Cc3cc(C)ccc3-c3cc(N)ccc3C)[C@H]2C)cc(C(F)(F)F)c1.Cc1cc([C@H]2OC(=O)N(Cc3cc(C)ccc3-c3cc(S(C)=O)ccc3C)[C@H]2C)cc(C(F)(F)F)c1.Cc1cc([C@H]2OC(=O)N(Cc3cc(C)ccc3-c3cc([N+](=O)[O-])ccc3C)[C@H]2C)cc(C(F)(F)F)c1. The lowest BCUT2D eigenvalue weighted by Crippen LogP contribution is -2.31. The van der Waals surface area contributed by atoms with E-state index in [0.717, 1.165) is 159 Å². The van der Waals surface area contributed by atoms with E-state index in [1.165, 1.54) is 17.0 Å². The number of thioether (sulfide) groups is 1. The van der Waals surface area contributed by atoms with Gasteiger partial charge in [0.15, 0.2) is 0 Å². The molecule has 4 heterocycles. The first-order valence-corrected chi connectivity index (χ1v) is 48.1. The van der Waals surface area contributed by atoms with Crippen LogP contribution in [0.2, 0.25) is 0 Å². The third-order valence-corrected chi connectivity index (χ3v) is 27.5. The van der Waals surface area contributed by atoms with Gasteiger partial charge in [-0.1, -0.05) is 166 Å². The van der Waals surface area contributed by atoms with E-state index in [0.29, 0.717) is 61.6 Å². The summed E-state index contributed by atoms with van der Waals surface area (Å²) in [6, 6.07) is 59.3. The Morgan fingerprint density at radius 2 is 0.596 bits per heavy atom. The van der Waals surface area contributed by atoms with E-state index in [9.17, 15) is 86.2 Å². The maximum Gasteiger partial charge on any atom is 0.416 e. The number of cyclic esters (lactones) is 4. The monoisotopic (exact) mass is 1980 g/mol. The summed E-state index contributed by atoms with van der Waals surface area (Å²) >= 11 is 1.67. The standard InChI is InChI=1S/C28H28F3NO3S.C28H28F3NO2S.C27H25F3N2O4.C27H27F3N2O2/c1-16-6-9-24(25-14-23(36(5)34)8-7-18(25)3)21(10-16)15-32-19(4)26(35-27(32)33)20-11-17(2)12-22(13-20)28(29,30)31;1-16-6-9-24(25-14-23(35-5)8-7-18(25)3)21(10-16)15-32-19(4)26(34-27(32)33)20-11-17(2)12-22(13-20)28(29,30)31;1-15-5-8-23(24-13-22(32(34)35)7-6-17(24)3)20(9-15)14-31-18(4)25(36-26(31)33)19-10-16(2)11-21(12-19)27(28,29)30;1-15-5-8-23(24-13-22(31)7-6-17(24)3)20(9-15)14-32-18(4)25(34-26(32)33)19-10-16(2)11-21(12-19)27(28,29)30/h6-14,19,26H,15H2,1-5H3;6-14,19,26H,15H2,1-5H3;5-13,18,25H,14H2,1-4H3;5-13,18,25H,14,31H2,1-4H3/t19-,26-,36?;19-,26-;2*18-,25-/m0000/s1. The van der Waals surface area contributed by atoms with Crippen molar-refractivity contribution >= 4 is 58.3 Å². The lowest BCUT2D eigenvalue weighted by molar-refractivity contribution is -0.384. The Hall–Kier alpha value is -13.4. The average Bonchev–Trinajstić information content (AvgIpc) is 1.77. The molecule has 0 aliphatic carbocycles. The third-order valence-electron chi connectivity index (χ3n) is 25.8. The van der Waals surface area contributed by atoms with E-state index >= 15 is 0 Å². The van der Waals surface area contributed by atoms with E-state index < -0.39 is 136 Å². The van der Waals surface area contributed by atoms with Gasteiger partial charge in [0.2, 0.25) is 0 Å². The Labute approximate surface area is 818 Å². The number of hydrogen-bond acceptors (Lipinski definition) is 13. The smallest absolute Gasteiger partial charge is 0.416 e. The van der Waals surface area contributed by atoms with Gasteiger partial charge >= 0.3 is 49.1 Å². The van der Waals surface area contributed by atoms with Crippen LogP contribution in [0.5, 0.6) is 0 Å². The van der Waals surface area contributed by atoms with Crippen molar-refractivity contribution in [1.29, 1.82) is 0 Å². The predicted octanol–water partition coefficient (Wildman–Crippen LogP) is 29.5. The molecular weight excluding hydrogens is 1870 g/mol. The van der Waals surface area contributed by atoms with Crippen LogP contribution >= 0.6 is 11.8 Å². The normalized spacial score (nSPS) is 18.3. The number of nitro groups is 1. The molecular formula is C110H108F12N6O11S2. The van der Waals surface area contributed by atoms with Gasteiger partial charge in [-0.15, -0.1) is 11.8 Å². The van der Waals surface area contributed by atoms with E-state index in [4.69, 9.17) is 24.7 Å². The van der Waals surface area contributed by atoms with Gasteiger partial charge in [0.1, 0.15) is 24.4 Å². The Bertz CT molecular complexity index is 6630. The minimum absolute atomic E-state index is 0.0453. The van der Waals surface area contributed by atoms with Gasteiger partial charge < -0.3 is 24.7 Å². The molecule has 4 saturated heterocycles. The number of halogens is 12. The highest BCUT2D eigenvalue weighted by molar-refractivity contribution is 7.98. The first-order chi connectivity index (χ1) is 66.1. The van der Waals surface area contributed by atoms with Crippen LogP contribution in [0.15, 0.2) is 228 Å². The Morgan fingerprint density at radius 3 is 0.872 bits per heavy atom. The number of rotatable bonds is 19. The quantitative estimate of drug-likeness (QED) is 0.0200. The summed E-state index contributed by atoms with van der Waals surface area (Å²) in [5.74, 6) is 0. The molecule has 9 atom stereocenters. The van der Waals surface area contributed by atoms with Crippen LogP contribution in [0.4, 0.5) is 83.2 Å². The second kappa shape index (κ2) is 42.2. The van der Waals surface area contributed by atoms with Crippen molar-refractivity contribution in [2.24, 2.45) is 0 Å². The van der Waals surface area contributed by atoms with Gasteiger partial charge in [0.25, 0.3) is 5.69 Å². The van der Waals surface area contributed by atoms with Crippen LogP contribution in [-0.2, 0) is 80.6 Å². The van der Waals surface area contributed by atoms with Crippen LogP contribution in [-0.4, -0.2) is 89.8 Å². The van der Waals surface area contributed by atoms with Gasteiger partial charge in [-0.2, -0.15) is 52.7 Å². The first kappa shape index (κ1) is 105. The number of benzene rings is 12. The summed E-state index contributed by atoms with van der Waals surface area (Å²) in [6.45, 7) is 30.1. The van der Waals surface area contributed by atoms with E-state index in [1.807, 2.05) is 159 Å². The molecule has 0 bridgehead atoms. The van der Waals surface area contributed by atoms with Crippen LogP contribution in [0.3, 0.4) is 0 Å². The number of nitrogens with zero attached hydrogens (tertiary/aromatic N) is 5. The molecule has 740 valence electrons. The van der Waals surface area contributed by atoms with Crippen LogP contribution in [0.25, 0.3) is 44.5 Å². The van der Waals surface area contributed by atoms with Crippen molar-refractivity contribution in [3.05, 3.63) is 362 Å². The molecule has 4 aliphatic heterocycles. The number of nitro benzene ring substituents is 1. The van der Waals surface area contributed by atoms with Crippen molar-refractivity contribution < 1.29 is 99.9 Å². The molecule has 141 heavy (non-hydrogen) atoms. The van der Waals surface area contributed by atoms with E-state index in [1.54, 1.807) is 112 Å². The molecule has 0 saturated carbocycles. The Morgan fingerprint density at radius 1 is 0.333 bits per heavy atom. The zero-order valence-corrected chi connectivity index (χ0v) is 82.5. The molecule has 12 aromatic carbocycles. The van der Waals surface area contributed by atoms with Crippen molar-refractivity contribution in [2.75, 3.05) is 18.2 Å². The summed E-state index contributed by atoms with van der Waals surface area (Å²) in [5.41, 5.74) is 25.5. The largest absolute Gasteiger partial charge is 0.439 e. The number of carbonyl (C=O) groups is 4. The molecule has 12 aromatic rings. The van der Waals surface area contributed by atoms with Crippen LogP contribution in [0, 0.1) is 93.2 Å². The van der Waals surface area contributed by atoms with Crippen LogP contribution < -0.4 is 5.73 Å². The number of amides is 4. The number of aryl methyl sites for hydroxylation is 12. The average molecular weight is 1980 g/mol. The fraction of sp³-hybridized carbons (Fsp3) is 0.309. The molecule has 16 rings (SSSR count). The van der Waals surface area contributed by atoms with Crippen molar-refractivity contribution in [3.8, 4) is 44.5 Å². The number of nitrogen functional groups attached to an aromatic ring is 1. The van der Waals surface area contributed by atoms with E-state index in [-0.39, 0.29) is 30.9 Å². The third kappa shape index (κ3) is 24.3. The summed E-state index contributed by atoms with van der Waals surface area (Å²) < 4.78 is 195. The summed E-state index contributed by atoms with van der Waals surface area (Å²) in [4.78, 5) is 70.5. The molecule has 0 spiro atoms. The highest BCUT2D eigenvalue weighted by Gasteiger charge is 2.47. The summed E-state index contributed by atoms with van der Waals surface area (Å²) in [5, 5.41) is 11.3. The van der Waals surface area contributed by atoms with Crippen LogP contribution in [0.1, 0.15) is 186 Å². The highest BCUT2D eigenvalue weighted by atomic mass is 32.2. The van der Waals surface area contributed by atoms with Gasteiger partial charge in [-0.25, -0.2) is 19.2 Å². The van der Waals surface area contributed by atoms with Crippen molar-refractivity contribution in [2.45, 2.75) is 220 Å². The first-order valence-electron chi connectivity index (χ1n) is 45.3. The second-order valence-corrected chi connectivity index (χ2v) is 39.1. The summed E-state index contributed by atoms with van der Waals surface area (Å²) in [7, 11) is -1.15. The van der Waals surface area contributed by atoms with Gasteiger partial charge in [0, 0.05) is 44.7 Å². The number of alkyl halides is 12. The lowest BCUT2D eigenvalue weighted by Gasteiger charge is -2.23. The maximum absolute atomic E-state index is 13.4. The minimum Gasteiger partial charge on any atom is -0.439 e. The van der Waals surface area contributed by atoms with Crippen molar-refractivity contribution in [3.63, 3.8) is 0 Å². The number of carbonyl (C=O) groups excluding carboxylic acids is 4. The van der Waals surface area contributed by atoms with E-state index in [2.05, 4.69) is 37.3 Å². The fourth-order valence-corrected chi connectivity index (χ4v) is 19.4. The molecule has 2 N–H and O–H groups in total.